The summed E-state index contributed by atoms with van der Waals surface area (Å²) in [6.45, 7) is 0. The van der Waals surface area contributed by atoms with Crippen molar-refractivity contribution in [3.05, 3.63) is 0 Å². The maximum atomic E-state index is 10.5. The zero-order valence-corrected chi connectivity index (χ0v) is 8.91. The van der Waals surface area contributed by atoms with Gasteiger partial charge in [0.15, 0.2) is 0 Å². The molecule has 1 unspecified atom stereocenters. The van der Waals surface area contributed by atoms with Crippen LogP contribution >= 0.6 is 0 Å². The molecule has 1 saturated carbocycles. The summed E-state index contributed by atoms with van der Waals surface area (Å²) in [5.41, 5.74) is 0. The molecule has 1 fully saturated rings. The van der Waals surface area contributed by atoms with Gasteiger partial charge in [0, 0.05) is 0 Å². The second-order valence-electron chi connectivity index (χ2n) is 3.29. The van der Waals surface area contributed by atoms with E-state index < -0.39 is 41.6 Å². The first kappa shape index (κ1) is 15.4. The zero-order valence-electron chi connectivity index (χ0n) is 8.09. The molecule has 96 valence electrons. The van der Waals surface area contributed by atoms with Gasteiger partial charge in [0.25, 0.3) is 0 Å². The van der Waals surface area contributed by atoms with Crippen molar-refractivity contribution in [1.29, 1.82) is 0 Å². The average Bonchev–Trinajstić information content (AvgIpc) is 2.13. The molecule has 0 radical (unpaired) electrons. The highest BCUT2D eigenvalue weighted by Crippen LogP contribution is 2.25. The van der Waals surface area contributed by atoms with Gasteiger partial charge in [0.1, 0.15) is 6.10 Å². The van der Waals surface area contributed by atoms with E-state index in [1.807, 2.05) is 0 Å². The van der Waals surface area contributed by atoms with E-state index >= 15 is 0 Å². The number of carboxylic acid groups (broad SMARTS) is 1. The first-order chi connectivity index (χ1) is 7.27. The Morgan fingerprint density at radius 2 is 1.62 bits per heavy atom. The summed E-state index contributed by atoms with van der Waals surface area (Å²) in [6.07, 6.45) is -3.27. The highest BCUT2D eigenvalue weighted by atomic mass is 32.2. The van der Waals surface area contributed by atoms with Gasteiger partial charge in [-0.1, -0.05) is 0 Å². The quantitative estimate of drug-likeness (QED) is 0.334. The van der Waals surface area contributed by atoms with E-state index in [-0.39, 0.29) is 12.8 Å². The lowest BCUT2D eigenvalue weighted by Crippen LogP contribution is -2.48. The van der Waals surface area contributed by atoms with Crippen LogP contribution < -0.4 is 0 Å². The molecule has 0 spiro atoms. The number of aliphatic hydroxyl groups excluding tert-OH is 3. The fourth-order valence-corrected chi connectivity index (χ4v) is 1.43. The Balaban J connectivity index is 0.000000487. The van der Waals surface area contributed by atoms with E-state index in [0.717, 1.165) is 0 Å². The van der Waals surface area contributed by atoms with Gasteiger partial charge in [-0.3, -0.25) is 4.79 Å². The van der Waals surface area contributed by atoms with Crippen LogP contribution in [0.15, 0.2) is 0 Å². The molecule has 5 atom stereocenters. The van der Waals surface area contributed by atoms with E-state index in [4.69, 9.17) is 28.6 Å². The Labute approximate surface area is 93.6 Å². The van der Waals surface area contributed by atoms with Crippen LogP contribution in [0, 0.1) is 5.92 Å². The highest BCUT2D eigenvalue weighted by Gasteiger charge is 2.40. The summed E-state index contributed by atoms with van der Waals surface area (Å²) in [5, 5.41) is 35.9. The van der Waals surface area contributed by atoms with Crippen molar-refractivity contribution in [3.63, 3.8) is 0 Å². The minimum atomic E-state index is -2.86. The SMILES string of the molecule is O=C(O)[C@H]1CC[C@H](O)[C@@H](O)[C@@H]1O.O=S([O-])O. The van der Waals surface area contributed by atoms with Gasteiger partial charge in [-0.2, -0.15) is 0 Å². The second-order valence-corrected chi connectivity index (χ2v) is 3.72. The molecular formula is C7H13O8S-. The van der Waals surface area contributed by atoms with Crippen molar-refractivity contribution in [2.75, 3.05) is 0 Å². The Morgan fingerprint density at radius 1 is 1.19 bits per heavy atom. The van der Waals surface area contributed by atoms with Crippen LogP contribution in [-0.2, 0) is 16.2 Å². The second kappa shape index (κ2) is 6.89. The third kappa shape index (κ3) is 4.96. The molecule has 0 bridgehead atoms. The van der Waals surface area contributed by atoms with Crippen molar-refractivity contribution in [1.82, 2.24) is 0 Å². The van der Waals surface area contributed by atoms with Gasteiger partial charge < -0.3 is 29.5 Å². The number of hydrogen-bond acceptors (Lipinski definition) is 6. The van der Waals surface area contributed by atoms with Crippen LogP contribution in [0.1, 0.15) is 12.8 Å². The smallest absolute Gasteiger partial charge is 0.309 e. The fourth-order valence-electron chi connectivity index (χ4n) is 1.43. The molecule has 0 aromatic carbocycles. The van der Waals surface area contributed by atoms with E-state index in [1.165, 1.54) is 0 Å². The van der Waals surface area contributed by atoms with Gasteiger partial charge in [0.05, 0.1) is 29.5 Å². The van der Waals surface area contributed by atoms with E-state index in [2.05, 4.69) is 0 Å². The lowest BCUT2D eigenvalue weighted by Gasteiger charge is -2.32. The minimum absolute atomic E-state index is 0.203. The Kier molecular flexibility index (Phi) is 6.64. The van der Waals surface area contributed by atoms with E-state index in [0.29, 0.717) is 0 Å². The molecule has 1 rings (SSSR count). The average molecular weight is 257 g/mol. The first-order valence-corrected chi connectivity index (χ1v) is 5.36. The molecular weight excluding hydrogens is 244 g/mol. The lowest BCUT2D eigenvalue weighted by atomic mass is 9.83. The molecule has 0 aliphatic heterocycles. The zero-order chi connectivity index (χ0) is 12.9. The predicted molar refractivity (Wildman–Crippen MR) is 49.9 cm³/mol. The molecule has 8 nitrogen and oxygen atoms in total. The van der Waals surface area contributed by atoms with Gasteiger partial charge in [-0.25, -0.2) is 4.21 Å². The minimum Gasteiger partial charge on any atom is -0.750 e. The third-order valence-corrected chi connectivity index (χ3v) is 2.25. The number of carbonyl (C=O) groups is 1. The number of aliphatic hydroxyl groups is 3. The highest BCUT2D eigenvalue weighted by molar-refractivity contribution is 7.73. The summed E-state index contributed by atoms with van der Waals surface area (Å²) in [7, 11) is 0. The molecule has 0 aromatic heterocycles. The number of carboxylic acids is 1. The largest absolute Gasteiger partial charge is 0.750 e. The molecule has 0 amide bonds. The van der Waals surface area contributed by atoms with E-state index in [1.54, 1.807) is 0 Å². The third-order valence-electron chi connectivity index (χ3n) is 2.25. The molecule has 9 heteroatoms. The molecule has 16 heavy (non-hydrogen) atoms. The molecule has 5 N–H and O–H groups in total. The van der Waals surface area contributed by atoms with Gasteiger partial charge in [-0.05, 0) is 12.8 Å². The Hall–Kier alpha value is -0.580. The lowest BCUT2D eigenvalue weighted by molar-refractivity contribution is -0.160. The van der Waals surface area contributed by atoms with Gasteiger partial charge in [-0.15, -0.1) is 0 Å². The molecule has 1 aliphatic rings. The van der Waals surface area contributed by atoms with Gasteiger partial charge in [0.2, 0.25) is 0 Å². The summed E-state index contributed by atoms with van der Waals surface area (Å²) < 4.78 is 24.1. The first-order valence-electron chi connectivity index (χ1n) is 4.32. The predicted octanol–water partition coefficient (Wildman–Crippen LogP) is -2.10. The van der Waals surface area contributed by atoms with Crippen molar-refractivity contribution < 1.29 is 38.5 Å². The summed E-state index contributed by atoms with van der Waals surface area (Å²) in [6, 6.07) is 0. The van der Waals surface area contributed by atoms with Crippen molar-refractivity contribution in [2.45, 2.75) is 31.2 Å². The van der Waals surface area contributed by atoms with Crippen LogP contribution in [0.4, 0.5) is 0 Å². The number of rotatable bonds is 1. The van der Waals surface area contributed by atoms with Crippen molar-refractivity contribution >= 4 is 17.3 Å². The molecule has 0 heterocycles. The molecule has 1 aliphatic carbocycles. The summed E-state index contributed by atoms with van der Waals surface area (Å²) >= 11 is -2.86. The fraction of sp³-hybridized carbons (Fsp3) is 0.857. The van der Waals surface area contributed by atoms with Crippen LogP contribution in [0.25, 0.3) is 0 Å². The van der Waals surface area contributed by atoms with Crippen molar-refractivity contribution in [3.8, 4) is 0 Å². The summed E-state index contributed by atoms with van der Waals surface area (Å²) in [4.78, 5) is 10.5. The van der Waals surface area contributed by atoms with E-state index in [9.17, 15) is 9.90 Å². The van der Waals surface area contributed by atoms with Gasteiger partial charge >= 0.3 is 5.97 Å². The maximum absolute atomic E-state index is 10.5. The Morgan fingerprint density at radius 3 is 2.00 bits per heavy atom. The van der Waals surface area contributed by atoms with Crippen LogP contribution in [-0.4, -0.2) is 58.0 Å². The van der Waals surface area contributed by atoms with Crippen LogP contribution in [0.2, 0.25) is 0 Å². The van der Waals surface area contributed by atoms with Crippen molar-refractivity contribution in [2.24, 2.45) is 5.92 Å². The number of hydrogen-bond donors (Lipinski definition) is 5. The standard InChI is InChI=1S/C7H12O5.H2O3S/c8-4-2-1-3(7(11)12)5(9)6(4)10;1-4(2)3/h3-6,8-10H,1-2H2,(H,11,12);(H2,1,2,3)/p-1/t3-,4-,5+,6+;/m0./s1. The monoisotopic (exact) mass is 257 g/mol. The topological polar surface area (TPSA) is 158 Å². The summed E-state index contributed by atoms with van der Waals surface area (Å²) in [5.74, 6) is -2.09. The number of aliphatic carboxylic acids is 1. The molecule has 0 aromatic rings. The van der Waals surface area contributed by atoms with Crippen LogP contribution in [0.5, 0.6) is 0 Å². The molecule has 0 saturated heterocycles. The Bertz CT molecular complexity index is 253. The normalized spacial score (nSPS) is 35.8. The van der Waals surface area contributed by atoms with Crippen LogP contribution in [0.3, 0.4) is 0 Å². The maximum Gasteiger partial charge on any atom is 0.309 e.